The molecule has 1 N–H and O–H groups in total. The van der Waals surface area contributed by atoms with Crippen LogP contribution in [0.1, 0.15) is 23.5 Å². The number of fused-ring (bicyclic) bond motifs is 1. The molecule has 126 valence electrons. The largest absolute Gasteiger partial charge is 0.476 e. The van der Waals surface area contributed by atoms with Gasteiger partial charge in [-0.25, -0.2) is 9.48 Å². The number of nitrogens with zero attached hydrogens (tertiary/aromatic N) is 3. The Morgan fingerprint density at radius 3 is 2.46 bits per heavy atom. The number of ether oxygens (including phenoxy) is 1. The van der Waals surface area contributed by atoms with Crippen LogP contribution in [0, 0.1) is 0 Å². The maximum Gasteiger partial charge on any atom is 0.357 e. The Hall–Kier alpha value is -2.74. The molecule has 1 aromatic heterocycles. The Kier molecular flexibility index (Phi) is 4.30. The summed E-state index contributed by atoms with van der Waals surface area (Å²) in [7, 11) is 0. The molecule has 0 aliphatic carbocycles. The normalized spacial score (nSPS) is 16.1. The van der Waals surface area contributed by atoms with E-state index in [9.17, 15) is 19.5 Å². The van der Waals surface area contributed by atoms with Crippen LogP contribution in [-0.2, 0) is 9.53 Å². The van der Waals surface area contributed by atoms with Crippen LogP contribution < -0.4 is 5.56 Å². The molecule has 1 aliphatic heterocycles. The van der Waals surface area contributed by atoms with E-state index in [0.717, 1.165) is 4.68 Å². The van der Waals surface area contributed by atoms with Gasteiger partial charge in [0, 0.05) is 18.5 Å². The minimum Gasteiger partial charge on any atom is -0.476 e. The fraction of sp³-hybridized carbons (Fsp3) is 0.375. The summed E-state index contributed by atoms with van der Waals surface area (Å²) in [6.07, 6.45) is 0. The Morgan fingerprint density at radius 2 is 1.83 bits per heavy atom. The van der Waals surface area contributed by atoms with Crippen molar-refractivity contribution in [1.82, 2.24) is 14.7 Å². The molecule has 1 amide bonds. The summed E-state index contributed by atoms with van der Waals surface area (Å²) in [5.41, 5.74) is -0.725. The summed E-state index contributed by atoms with van der Waals surface area (Å²) in [6, 6.07) is 5.47. The van der Waals surface area contributed by atoms with Gasteiger partial charge in [0.1, 0.15) is 6.04 Å². The number of morpholine rings is 1. The lowest BCUT2D eigenvalue weighted by atomic mass is 10.1. The molecular weight excluding hydrogens is 314 g/mol. The van der Waals surface area contributed by atoms with Gasteiger partial charge in [-0.3, -0.25) is 9.59 Å². The monoisotopic (exact) mass is 331 g/mol. The van der Waals surface area contributed by atoms with Crippen LogP contribution in [0.25, 0.3) is 10.8 Å². The van der Waals surface area contributed by atoms with E-state index in [1.165, 1.54) is 12.1 Å². The first kappa shape index (κ1) is 16.1. The second-order valence-electron chi connectivity index (χ2n) is 5.56. The quantitative estimate of drug-likeness (QED) is 0.879. The number of aromatic carboxylic acids is 1. The highest BCUT2D eigenvalue weighted by atomic mass is 16.5. The third-order valence-corrected chi connectivity index (χ3v) is 4.08. The number of carbonyl (C=O) groups excluding carboxylic acids is 1. The molecule has 8 nitrogen and oxygen atoms in total. The van der Waals surface area contributed by atoms with Crippen molar-refractivity contribution in [3.8, 4) is 0 Å². The van der Waals surface area contributed by atoms with Gasteiger partial charge in [-0.15, -0.1) is 0 Å². The van der Waals surface area contributed by atoms with Crippen molar-refractivity contribution in [3.05, 3.63) is 40.3 Å². The second kappa shape index (κ2) is 6.40. The Bertz CT molecular complexity index is 854. The number of hydrogen-bond acceptors (Lipinski definition) is 5. The summed E-state index contributed by atoms with van der Waals surface area (Å²) < 4.78 is 6.17. The highest BCUT2D eigenvalue weighted by Crippen LogP contribution is 2.16. The van der Waals surface area contributed by atoms with Crippen LogP contribution in [0.5, 0.6) is 0 Å². The smallest absolute Gasteiger partial charge is 0.357 e. The van der Waals surface area contributed by atoms with Gasteiger partial charge in [0.25, 0.3) is 5.56 Å². The number of carboxylic acids is 1. The third-order valence-electron chi connectivity index (χ3n) is 4.08. The molecule has 1 saturated heterocycles. The van der Waals surface area contributed by atoms with E-state index in [1.807, 2.05) is 0 Å². The predicted octanol–water partition coefficient (Wildman–Crippen LogP) is 0.515. The van der Waals surface area contributed by atoms with Crippen molar-refractivity contribution in [1.29, 1.82) is 0 Å². The van der Waals surface area contributed by atoms with Crippen molar-refractivity contribution < 1.29 is 19.4 Å². The Labute approximate surface area is 137 Å². The number of amides is 1. The molecule has 3 rings (SSSR count). The Balaban J connectivity index is 2.08. The molecule has 1 aromatic carbocycles. The predicted molar refractivity (Wildman–Crippen MR) is 85.1 cm³/mol. The average Bonchev–Trinajstić information content (AvgIpc) is 2.61. The molecule has 1 unspecified atom stereocenters. The van der Waals surface area contributed by atoms with Crippen LogP contribution in [0.3, 0.4) is 0 Å². The third kappa shape index (κ3) is 2.76. The van der Waals surface area contributed by atoms with E-state index in [4.69, 9.17) is 4.74 Å². The number of aromatic nitrogens is 2. The number of carbonyl (C=O) groups is 2. The van der Waals surface area contributed by atoms with Gasteiger partial charge in [-0.1, -0.05) is 18.2 Å². The van der Waals surface area contributed by atoms with Crippen molar-refractivity contribution in [2.24, 2.45) is 0 Å². The highest BCUT2D eigenvalue weighted by Gasteiger charge is 2.27. The standard InChI is InChI=1S/C16H17N3O5/c1-10(14(20)18-6-8-24-9-7-18)19-15(21)12-5-3-2-4-11(12)13(17-19)16(22)23/h2-5,10H,6-9H2,1H3,(H,22,23). The number of rotatable bonds is 3. The van der Waals surface area contributed by atoms with E-state index in [0.29, 0.717) is 26.3 Å². The average molecular weight is 331 g/mol. The molecule has 24 heavy (non-hydrogen) atoms. The number of benzene rings is 1. The molecule has 2 aromatic rings. The fourth-order valence-electron chi connectivity index (χ4n) is 2.78. The van der Waals surface area contributed by atoms with Gasteiger partial charge >= 0.3 is 5.97 Å². The summed E-state index contributed by atoms with van der Waals surface area (Å²) in [5.74, 6) is -1.52. The maximum absolute atomic E-state index is 12.6. The van der Waals surface area contributed by atoms with Crippen molar-refractivity contribution in [3.63, 3.8) is 0 Å². The molecule has 0 bridgehead atoms. The van der Waals surface area contributed by atoms with Crippen LogP contribution in [0.15, 0.2) is 29.1 Å². The zero-order valence-electron chi connectivity index (χ0n) is 13.1. The lowest BCUT2D eigenvalue weighted by Gasteiger charge is -2.29. The van der Waals surface area contributed by atoms with Crippen molar-refractivity contribution >= 4 is 22.6 Å². The minimum absolute atomic E-state index is 0.228. The van der Waals surface area contributed by atoms with Gasteiger partial charge in [0.2, 0.25) is 5.91 Å². The van der Waals surface area contributed by atoms with E-state index >= 15 is 0 Å². The van der Waals surface area contributed by atoms with Crippen LogP contribution >= 0.6 is 0 Å². The zero-order valence-corrected chi connectivity index (χ0v) is 13.1. The first-order valence-electron chi connectivity index (χ1n) is 7.62. The molecule has 1 fully saturated rings. The molecule has 1 atom stereocenters. The van der Waals surface area contributed by atoms with Gasteiger partial charge in [0.05, 0.1) is 18.6 Å². The molecular formula is C16H17N3O5. The Morgan fingerprint density at radius 1 is 1.21 bits per heavy atom. The van der Waals surface area contributed by atoms with Gasteiger partial charge in [0.15, 0.2) is 5.69 Å². The summed E-state index contributed by atoms with van der Waals surface area (Å²) in [4.78, 5) is 38.3. The first-order valence-corrected chi connectivity index (χ1v) is 7.62. The number of carboxylic acid groups (broad SMARTS) is 1. The summed E-state index contributed by atoms with van der Waals surface area (Å²) >= 11 is 0. The molecule has 8 heteroatoms. The van der Waals surface area contributed by atoms with E-state index in [-0.39, 0.29) is 22.4 Å². The van der Waals surface area contributed by atoms with Crippen LogP contribution in [0.4, 0.5) is 0 Å². The summed E-state index contributed by atoms with van der Waals surface area (Å²) in [6.45, 7) is 3.32. The SMILES string of the molecule is CC(C(=O)N1CCOCC1)n1nc(C(=O)O)c2ccccc2c1=O. The van der Waals surface area contributed by atoms with Gasteiger partial charge in [-0.2, -0.15) is 5.10 Å². The number of hydrogen-bond donors (Lipinski definition) is 1. The lowest BCUT2D eigenvalue weighted by Crippen LogP contribution is -2.45. The zero-order chi connectivity index (χ0) is 17.3. The molecule has 2 heterocycles. The van der Waals surface area contributed by atoms with Gasteiger partial charge in [-0.05, 0) is 13.0 Å². The van der Waals surface area contributed by atoms with Crippen molar-refractivity contribution in [2.75, 3.05) is 26.3 Å². The lowest BCUT2D eigenvalue weighted by molar-refractivity contribution is -0.138. The fourth-order valence-corrected chi connectivity index (χ4v) is 2.78. The van der Waals surface area contributed by atoms with Crippen LogP contribution in [0.2, 0.25) is 0 Å². The molecule has 0 saturated carbocycles. The van der Waals surface area contributed by atoms with E-state index < -0.39 is 17.6 Å². The maximum atomic E-state index is 12.6. The molecule has 1 aliphatic rings. The topological polar surface area (TPSA) is 102 Å². The summed E-state index contributed by atoms with van der Waals surface area (Å²) in [5, 5.41) is 13.8. The molecule has 0 radical (unpaired) electrons. The van der Waals surface area contributed by atoms with E-state index in [2.05, 4.69) is 5.10 Å². The second-order valence-corrected chi connectivity index (χ2v) is 5.56. The minimum atomic E-state index is -1.24. The highest BCUT2D eigenvalue weighted by molar-refractivity contribution is 6.01. The van der Waals surface area contributed by atoms with Crippen LogP contribution in [-0.4, -0.2) is 58.0 Å². The first-order chi connectivity index (χ1) is 11.5. The molecule has 0 spiro atoms. The van der Waals surface area contributed by atoms with Gasteiger partial charge < -0.3 is 14.7 Å². The van der Waals surface area contributed by atoms with Crippen molar-refractivity contribution in [2.45, 2.75) is 13.0 Å². The van der Waals surface area contributed by atoms with E-state index in [1.54, 1.807) is 24.0 Å².